The number of hydrogen-bond donors (Lipinski definition) is 1. The molecule has 0 radical (unpaired) electrons. The highest BCUT2D eigenvalue weighted by atomic mass is 32.2. The van der Waals surface area contributed by atoms with Gasteiger partial charge in [-0.05, 0) is 51.7 Å². The normalized spacial score (nSPS) is 11.8. The van der Waals surface area contributed by atoms with Crippen LogP contribution < -0.4 is 0 Å². The first-order valence-corrected chi connectivity index (χ1v) is 7.71. The van der Waals surface area contributed by atoms with E-state index in [4.69, 9.17) is 5.11 Å². The summed E-state index contributed by atoms with van der Waals surface area (Å²) in [5.74, 6) is -2.48. The highest BCUT2D eigenvalue weighted by Crippen LogP contribution is 2.21. The van der Waals surface area contributed by atoms with Crippen LogP contribution in [0.1, 0.15) is 22.3 Å². The van der Waals surface area contributed by atoms with Crippen LogP contribution in [0.2, 0.25) is 0 Å². The molecule has 0 aliphatic carbocycles. The van der Waals surface area contributed by atoms with Gasteiger partial charge in [-0.3, -0.25) is 0 Å². The lowest BCUT2D eigenvalue weighted by Crippen LogP contribution is -2.18. The molecule has 5 nitrogen and oxygen atoms in total. The van der Waals surface area contributed by atoms with Crippen molar-refractivity contribution in [3.63, 3.8) is 0 Å². The Bertz CT molecular complexity index is 611. The van der Waals surface area contributed by atoms with E-state index in [2.05, 4.69) is 0 Å². The molecule has 1 rings (SSSR count). The minimum atomic E-state index is -3.61. The molecule has 0 aromatic heterocycles. The average Bonchev–Trinajstić information content (AvgIpc) is 2.31. The summed E-state index contributed by atoms with van der Waals surface area (Å²) in [4.78, 5) is 12.6. The van der Waals surface area contributed by atoms with Gasteiger partial charge in [-0.15, -0.1) is 0 Å². The fraction of sp³-hybridized carbons (Fsp3) is 0.462. The molecule has 0 unspecified atom stereocenters. The van der Waals surface area contributed by atoms with Gasteiger partial charge in [-0.1, -0.05) is 0 Å². The Labute approximate surface area is 117 Å². The summed E-state index contributed by atoms with van der Waals surface area (Å²) in [6, 6.07) is 2.06. The Morgan fingerprint density at radius 2 is 1.95 bits per heavy atom. The predicted molar refractivity (Wildman–Crippen MR) is 73.3 cm³/mol. The number of sulfone groups is 1. The Morgan fingerprint density at radius 1 is 1.35 bits per heavy atom. The standard InChI is InChI=1S/C13H18FNO4S/c1-9-7-10(8-11(12(9)14)13(16)17)20(18,19)6-4-5-15(2)3/h7-8H,4-6H2,1-3H3,(H,16,17). The molecule has 0 aliphatic heterocycles. The molecule has 0 bridgehead atoms. The molecular formula is C13H18FNO4S. The molecule has 0 fully saturated rings. The molecule has 0 atom stereocenters. The van der Waals surface area contributed by atoms with Crippen LogP contribution in [0.15, 0.2) is 17.0 Å². The summed E-state index contributed by atoms with van der Waals surface area (Å²) >= 11 is 0. The largest absolute Gasteiger partial charge is 0.478 e. The highest BCUT2D eigenvalue weighted by Gasteiger charge is 2.21. The average molecular weight is 303 g/mol. The van der Waals surface area contributed by atoms with Crippen LogP contribution >= 0.6 is 0 Å². The van der Waals surface area contributed by atoms with Crippen LogP contribution in [0.5, 0.6) is 0 Å². The summed E-state index contributed by atoms with van der Waals surface area (Å²) in [6.45, 7) is 1.95. The van der Waals surface area contributed by atoms with E-state index < -0.39 is 27.2 Å². The zero-order valence-electron chi connectivity index (χ0n) is 11.7. The number of nitrogens with zero attached hydrogens (tertiary/aromatic N) is 1. The molecule has 7 heteroatoms. The van der Waals surface area contributed by atoms with Gasteiger partial charge >= 0.3 is 5.97 Å². The lowest BCUT2D eigenvalue weighted by Gasteiger charge is -2.11. The van der Waals surface area contributed by atoms with Crippen molar-refractivity contribution < 1.29 is 22.7 Å². The molecule has 0 saturated heterocycles. The third-order valence-electron chi connectivity index (χ3n) is 2.84. The van der Waals surface area contributed by atoms with Crippen LogP contribution in [-0.2, 0) is 9.84 Å². The topological polar surface area (TPSA) is 74.7 Å². The van der Waals surface area contributed by atoms with Crippen LogP contribution in [0.25, 0.3) is 0 Å². The molecule has 1 aromatic carbocycles. The number of carboxylic acids is 1. The van der Waals surface area contributed by atoms with Crippen molar-refractivity contribution in [2.45, 2.75) is 18.2 Å². The summed E-state index contributed by atoms with van der Waals surface area (Å²) in [7, 11) is 0.0532. The fourth-order valence-corrected chi connectivity index (χ4v) is 3.16. The van der Waals surface area contributed by atoms with Crippen molar-refractivity contribution in [3.8, 4) is 0 Å². The van der Waals surface area contributed by atoms with Gasteiger partial charge in [0, 0.05) is 0 Å². The Hall–Kier alpha value is -1.47. The molecule has 0 heterocycles. The number of carbonyl (C=O) groups is 1. The number of carboxylic acid groups (broad SMARTS) is 1. The predicted octanol–water partition coefficient (Wildman–Crippen LogP) is 1.56. The summed E-state index contributed by atoms with van der Waals surface area (Å²) in [6.07, 6.45) is 0.425. The maximum Gasteiger partial charge on any atom is 0.338 e. The van der Waals surface area contributed by atoms with E-state index in [-0.39, 0.29) is 16.2 Å². The van der Waals surface area contributed by atoms with Gasteiger partial charge in [0.05, 0.1) is 16.2 Å². The van der Waals surface area contributed by atoms with Crippen LogP contribution in [0, 0.1) is 12.7 Å². The number of aryl methyl sites for hydroxylation is 1. The van der Waals surface area contributed by atoms with Gasteiger partial charge in [-0.25, -0.2) is 17.6 Å². The summed E-state index contributed by atoms with van der Waals surface area (Å²) < 4.78 is 37.8. The van der Waals surface area contributed by atoms with E-state index in [9.17, 15) is 17.6 Å². The number of rotatable bonds is 6. The smallest absolute Gasteiger partial charge is 0.338 e. The minimum Gasteiger partial charge on any atom is -0.478 e. The summed E-state index contributed by atoms with van der Waals surface area (Å²) in [5.41, 5.74) is -0.604. The third-order valence-corrected chi connectivity index (χ3v) is 4.62. The SMILES string of the molecule is Cc1cc(S(=O)(=O)CCCN(C)C)cc(C(=O)O)c1F. The van der Waals surface area contributed by atoms with Gasteiger partial charge in [0.15, 0.2) is 9.84 Å². The van der Waals surface area contributed by atoms with E-state index in [1.165, 1.54) is 13.0 Å². The van der Waals surface area contributed by atoms with Gasteiger partial charge in [-0.2, -0.15) is 0 Å². The van der Waals surface area contributed by atoms with Crippen molar-refractivity contribution in [2.75, 3.05) is 26.4 Å². The Kier molecular flexibility index (Phi) is 5.24. The molecule has 1 aromatic rings. The molecule has 1 N–H and O–H groups in total. The lowest BCUT2D eigenvalue weighted by molar-refractivity contribution is 0.0691. The van der Waals surface area contributed by atoms with E-state index in [1.807, 2.05) is 19.0 Å². The molecule has 20 heavy (non-hydrogen) atoms. The van der Waals surface area contributed by atoms with E-state index in [0.29, 0.717) is 13.0 Å². The Balaban J connectivity index is 3.10. The van der Waals surface area contributed by atoms with Crippen molar-refractivity contribution in [1.29, 1.82) is 0 Å². The molecule has 112 valence electrons. The first-order valence-electron chi connectivity index (χ1n) is 6.06. The van der Waals surface area contributed by atoms with Gasteiger partial charge in [0.2, 0.25) is 0 Å². The quantitative estimate of drug-likeness (QED) is 0.807. The van der Waals surface area contributed by atoms with Crippen LogP contribution in [0.4, 0.5) is 4.39 Å². The molecule has 0 spiro atoms. The van der Waals surface area contributed by atoms with Crippen LogP contribution in [0.3, 0.4) is 0 Å². The summed E-state index contributed by atoms with van der Waals surface area (Å²) in [5, 5.41) is 8.89. The first kappa shape index (κ1) is 16.6. The molecule has 0 saturated carbocycles. The molecular weight excluding hydrogens is 285 g/mol. The van der Waals surface area contributed by atoms with Crippen molar-refractivity contribution in [3.05, 3.63) is 29.1 Å². The van der Waals surface area contributed by atoms with E-state index in [0.717, 1.165) is 6.07 Å². The first-order chi connectivity index (χ1) is 9.15. The zero-order valence-corrected chi connectivity index (χ0v) is 12.5. The lowest BCUT2D eigenvalue weighted by atomic mass is 10.1. The highest BCUT2D eigenvalue weighted by molar-refractivity contribution is 7.91. The van der Waals surface area contributed by atoms with E-state index >= 15 is 0 Å². The Morgan fingerprint density at radius 3 is 2.45 bits per heavy atom. The minimum absolute atomic E-state index is 0.0103. The van der Waals surface area contributed by atoms with Gasteiger partial charge in [0.1, 0.15) is 5.82 Å². The molecule has 0 aliphatic rings. The van der Waals surface area contributed by atoms with E-state index in [1.54, 1.807) is 0 Å². The number of halogens is 1. The second-order valence-corrected chi connectivity index (χ2v) is 6.99. The van der Waals surface area contributed by atoms with Crippen LogP contribution in [-0.4, -0.2) is 50.8 Å². The maximum atomic E-state index is 13.6. The second kappa shape index (κ2) is 6.32. The monoisotopic (exact) mass is 303 g/mol. The van der Waals surface area contributed by atoms with Crippen molar-refractivity contribution in [1.82, 2.24) is 4.90 Å². The third kappa shape index (κ3) is 4.01. The van der Waals surface area contributed by atoms with Gasteiger partial charge in [0.25, 0.3) is 0 Å². The fourth-order valence-electron chi connectivity index (χ4n) is 1.76. The van der Waals surface area contributed by atoms with Gasteiger partial charge < -0.3 is 10.0 Å². The number of aromatic carboxylic acids is 1. The number of hydrogen-bond acceptors (Lipinski definition) is 4. The number of benzene rings is 1. The zero-order chi connectivity index (χ0) is 15.5. The second-order valence-electron chi connectivity index (χ2n) is 4.88. The maximum absolute atomic E-state index is 13.6. The molecule has 0 amide bonds. The van der Waals surface area contributed by atoms with Crippen molar-refractivity contribution >= 4 is 15.8 Å². The van der Waals surface area contributed by atoms with Crippen molar-refractivity contribution in [2.24, 2.45) is 0 Å².